The molecule has 1 atom stereocenters. The predicted octanol–water partition coefficient (Wildman–Crippen LogP) is 4.67. The number of carboxylic acids is 1. The number of nitrogens with one attached hydrogen (secondary N) is 1. The molecule has 1 amide bonds. The third kappa shape index (κ3) is 4.17. The topological polar surface area (TPSA) is 75.6 Å². The highest BCUT2D eigenvalue weighted by molar-refractivity contribution is 7.09. The maximum absolute atomic E-state index is 12.3. The van der Waals surface area contributed by atoms with Crippen LogP contribution in [0.15, 0.2) is 66.0 Å². The minimum atomic E-state index is -1.06. The van der Waals surface area contributed by atoms with Crippen LogP contribution in [0.5, 0.6) is 0 Å². The van der Waals surface area contributed by atoms with E-state index in [9.17, 15) is 14.7 Å². The zero-order valence-corrected chi connectivity index (χ0v) is 16.5. The molecular formula is C23H21NO4S. The molecule has 0 radical (unpaired) electrons. The second kappa shape index (κ2) is 8.49. The van der Waals surface area contributed by atoms with E-state index in [2.05, 4.69) is 17.4 Å². The Labute approximate surface area is 173 Å². The lowest BCUT2D eigenvalue weighted by Gasteiger charge is -2.17. The zero-order chi connectivity index (χ0) is 20.2. The van der Waals surface area contributed by atoms with Crippen molar-refractivity contribution >= 4 is 23.4 Å². The molecule has 2 N–H and O–H groups in total. The molecular weight excluding hydrogens is 386 g/mol. The third-order valence-electron chi connectivity index (χ3n) is 5.19. The molecule has 148 valence electrons. The first kappa shape index (κ1) is 19.2. The lowest BCUT2D eigenvalue weighted by molar-refractivity contribution is -0.139. The number of ether oxygens (including phenoxy) is 1. The summed E-state index contributed by atoms with van der Waals surface area (Å²) in [5, 5.41) is 13.9. The van der Waals surface area contributed by atoms with Crippen LogP contribution in [0.2, 0.25) is 0 Å². The van der Waals surface area contributed by atoms with Gasteiger partial charge in [-0.15, -0.1) is 11.3 Å². The summed E-state index contributed by atoms with van der Waals surface area (Å²) in [4.78, 5) is 24.9. The molecule has 0 fully saturated rings. The molecule has 1 heterocycles. The molecule has 1 aliphatic rings. The molecule has 0 aliphatic heterocycles. The van der Waals surface area contributed by atoms with Crippen molar-refractivity contribution in [1.82, 2.24) is 5.32 Å². The molecule has 4 rings (SSSR count). The number of carboxylic acid groups (broad SMARTS) is 1. The lowest BCUT2D eigenvalue weighted by Crippen LogP contribution is -2.41. The Morgan fingerprint density at radius 1 is 1.00 bits per heavy atom. The standard InChI is InChI=1S/C23H21NO4S/c25-22(26)21(12-11-15-6-5-13-29-15)24-23(27)28-14-20-18-9-3-1-7-16(18)17-8-2-4-10-19(17)20/h1-10,13,20-21H,11-12,14H2,(H,24,27)(H,25,26). The number of rotatable bonds is 7. The monoisotopic (exact) mass is 407 g/mol. The number of thiophene rings is 1. The molecule has 5 nitrogen and oxygen atoms in total. The average Bonchev–Trinajstić information content (AvgIpc) is 3.35. The fourth-order valence-corrected chi connectivity index (χ4v) is 4.51. The van der Waals surface area contributed by atoms with Crippen LogP contribution in [-0.2, 0) is 16.0 Å². The van der Waals surface area contributed by atoms with Crippen molar-refractivity contribution < 1.29 is 19.4 Å². The van der Waals surface area contributed by atoms with E-state index in [0.717, 1.165) is 27.1 Å². The Morgan fingerprint density at radius 3 is 2.24 bits per heavy atom. The summed E-state index contributed by atoms with van der Waals surface area (Å²) < 4.78 is 5.45. The number of alkyl carbamates (subject to hydrolysis) is 1. The van der Waals surface area contributed by atoms with Gasteiger partial charge in [-0.05, 0) is 46.5 Å². The van der Waals surface area contributed by atoms with Gasteiger partial charge in [0.15, 0.2) is 0 Å². The lowest BCUT2D eigenvalue weighted by atomic mass is 9.98. The van der Waals surface area contributed by atoms with Gasteiger partial charge < -0.3 is 15.2 Å². The normalized spacial score (nSPS) is 13.4. The van der Waals surface area contributed by atoms with Gasteiger partial charge in [-0.3, -0.25) is 0 Å². The quantitative estimate of drug-likeness (QED) is 0.597. The highest BCUT2D eigenvalue weighted by Crippen LogP contribution is 2.44. The molecule has 2 aromatic carbocycles. The van der Waals surface area contributed by atoms with E-state index in [1.165, 1.54) is 0 Å². The molecule has 1 unspecified atom stereocenters. The molecule has 6 heteroatoms. The Kier molecular flexibility index (Phi) is 5.62. The molecule has 0 spiro atoms. The largest absolute Gasteiger partial charge is 0.480 e. The van der Waals surface area contributed by atoms with Crippen LogP contribution >= 0.6 is 11.3 Å². The summed E-state index contributed by atoms with van der Waals surface area (Å²) in [6.07, 6.45) is 0.212. The van der Waals surface area contributed by atoms with Crippen molar-refractivity contribution in [2.75, 3.05) is 6.61 Å². The Bertz CT molecular complexity index is 970. The number of carbonyl (C=O) groups is 2. The summed E-state index contributed by atoms with van der Waals surface area (Å²) in [5.41, 5.74) is 4.54. The van der Waals surface area contributed by atoms with Crippen LogP contribution in [0, 0.1) is 0 Å². The maximum Gasteiger partial charge on any atom is 0.407 e. The van der Waals surface area contributed by atoms with Crippen molar-refractivity contribution in [3.05, 3.63) is 82.0 Å². The predicted molar refractivity (Wildman–Crippen MR) is 112 cm³/mol. The van der Waals surface area contributed by atoms with Crippen LogP contribution < -0.4 is 5.32 Å². The van der Waals surface area contributed by atoms with Gasteiger partial charge in [-0.25, -0.2) is 9.59 Å². The van der Waals surface area contributed by atoms with Crippen molar-refractivity contribution in [3.63, 3.8) is 0 Å². The summed E-state index contributed by atoms with van der Waals surface area (Å²) >= 11 is 1.57. The summed E-state index contributed by atoms with van der Waals surface area (Å²) in [7, 11) is 0. The Morgan fingerprint density at radius 2 is 1.66 bits per heavy atom. The van der Waals surface area contributed by atoms with E-state index in [0.29, 0.717) is 12.8 Å². The number of fused-ring (bicyclic) bond motifs is 3. The van der Waals surface area contributed by atoms with Crippen molar-refractivity contribution in [2.45, 2.75) is 24.8 Å². The minimum absolute atomic E-state index is 0.0532. The van der Waals surface area contributed by atoms with Gasteiger partial charge in [0.2, 0.25) is 0 Å². The second-order valence-corrected chi connectivity index (χ2v) is 8.01. The molecule has 3 aromatic rings. The summed E-state index contributed by atoms with van der Waals surface area (Å²) in [5.74, 6) is -1.11. The van der Waals surface area contributed by atoms with E-state index in [1.54, 1.807) is 11.3 Å². The van der Waals surface area contributed by atoms with Gasteiger partial charge in [-0.2, -0.15) is 0 Å². The van der Waals surface area contributed by atoms with E-state index in [4.69, 9.17) is 4.74 Å². The van der Waals surface area contributed by atoms with Gasteiger partial charge in [-0.1, -0.05) is 54.6 Å². The fraction of sp³-hybridized carbons (Fsp3) is 0.217. The number of hydrogen-bond donors (Lipinski definition) is 2. The van der Waals surface area contributed by atoms with Crippen LogP contribution in [0.3, 0.4) is 0 Å². The van der Waals surface area contributed by atoms with Crippen LogP contribution in [0.25, 0.3) is 11.1 Å². The molecule has 29 heavy (non-hydrogen) atoms. The van der Waals surface area contributed by atoms with Crippen LogP contribution in [0.1, 0.15) is 28.3 Å². The number of benzene rings is 2. The SMILES string of the molecule is O=C(NC(CCc1cccs1)C(=O)O)OCC1c2ccccc2-c2ccccc21. The van der Waals surface area contributed by atoms with E-state index < -0.39 is 18.1 Å². The van der Waals surface area contributed by atoms with E-state index in [-0.39, 0.29) is 12.5 Å². The van der Waals surface area contributed by atoms with Gasteiger partial charge in [0.25, 0.3) is 0 Å². The van der Waals surface area contributed by atoms with Gasteiger partial charge in [0.1, 0.15) is 12.6 Å². The van der Waals surface area contributed by atoms with Crippen molar-refractivity contribution in [2.24, 2.45) is 0 Å². The first-order chi connectivity index (χ1) is 14.1. The first-order valence-corrected chi connectivity index (χ1v) is 10.4. The smallest absolute Gasteiger partial charge is 0.407 e. The minimum Gasteiger partial charge on any atom is -0.480 e. The molecule has 0 saturated heterocycles. The number of carbonyl (C=O) groups excluding carboxylic acids is 1. The van der Waals surface area contributed by atoms with Gasteiger partial charge in [0.05, 0.1) is 0 Å². The van der Waals surface area contributed by atoms with Gasteiger partial charge >= 0.3 is 12.1 Å². The zero-order valence-electron chi connectivity index (χ0n) is 15.7. The van der Waals surface area contributed by atoms with Crippen molar-refractivity contribution in [3.8, 4) is 11.1 Å². The van der Waals surface area contributed by atoms with E-state index in [1.807, 2.05) is 53.9 Å². The van der Waals surface area contributed by atoms with Crippen LogP contribution in [0.4, 0.5) is 4.79 Å². The summed E-state index contributed by atoms with van der Waals surface area (Å²) in [6.45, 7) is 0.164. The highest BCUT2D eigenvalue weighted by Gasteiger charge is 2.29. The Balaban J connectivity index is 1.39. The molecule has 1 aromatic heterocycles. The van der Waals surface area contributed by atoms with Crippen molar-refractivity contribution in [1.29, 1.82) is 0 Å². The molecule has 1 aliphatic carbocycles. The first-order valence-electron chi connectivity index (χ1n) is 9.50. The number of aliphatic carboxylic acids is 1. The molecule has 0 bridgehead atoms. The Hall–Kier alpha value is -3.12. The third-order valence-corrected chi connectivity index (χ3v) is 6.13. The maximum atomic E-state index is 12.3. The second-order valence-electron chi connectivity index (χ2n) is 6.98. The van der Waals surface area contributed by atoms with Gasteiger partial charge in [0, 0.05) is 10.8 Å². The number of hydrogen-bond acceptors (Lipinski definition) is 4. The number of aryl methyl sites for hydroxylation is 1. The van der Waals surface area contributed by atoms with Crippen LogP contribution in [-0.4, -0.2) is 29.8 Å². The summed E-state index contributed by atoms with van der Waals surface area (Å²) in [6, 6.07) is 19.1. The number of amides is 1. The average molecular weight is 407 g/mol. The fourth-order valence-electron chi connectivity index (χ4n) is 3.78. The van der Waals surface area contributed by atoms with E-state index >= 15 is 0 Å². The highest BCUT2D eigenvalue weighted by atomic mass is 32.1. The molecule has 0 saturated carbocycles.